The molecule has 2 saturated heterocycles. The van der Waals surface area contributed by atoms with Crippen molar-refractivity contribution in [2.24, 2.45) is 17.8 Å². The third kappa shape index (κ3) is 4.68. The summed E-state index contributed by atoms with van der Waals surface area (Å²) in [5, 5.41) is 12.2. The summed E-state index contributed by atoms with van der Waals surface area (Å²) in [5.41, 5.74) is 1.73. The van der Waals surface area contributed by atoms with E-state index in [4.69, 9.17) is 4.74 Å². The topological polar surface area (TPSA) is 85.7 Å². The minimum Gasteiger partial charge on any atom is -0.378 e. The van der Waals surface area contributed by atoms with Gasteiger partial charge in [-0.1, -0.05) is 12.1 Å². The number of halogens is 1. The second-order valence-electron chi connectivity index (χ2n) is 10.5. The van der Waals surface area contributed by atoms with Crippen LogP contribution in [-0.2, 0) is 10.2 Å². The summed E-state index contributed by atoms with van der Waals surface area (Å²) in [7, 11) is 0. The first-order valence-corrected chi connectivity index (χ1v) is 12.5. The van der Waals surface area contributed by atoms with Crippen molar-refractivity contribution in [1.29, 1.82) is 5.26 Å². The Labute approximate surface area is 210 Å². The third-order valence-corrected chi connectivity index (χ3v) is 7.85. The molecule has 3 aliphatic rings. The molecule has 2 aromatic rings. The Morgan fingerprint density at radius 1 is 1.08 bits per heavy atom. The Hall–Kier alpha value is -3.44. The van der Waals surface area contributed by atoms with E-state index < -0.39 is 11.2 Å². The molecule has 0 spiro atoms. The summed E-state index contributed by atoms with van der Waals surface area (Å²) >= 11 is 0. The molecule has 2 aliphatic heterocycles. The summed E-state index contributed by atoms with van der Waals surface area (Å²) in [6.45, 7) is 8.01. The monoisotopic (exact) mass is 490 g/mol. The Morgan fingerprint density at radius 2 is 1.72 bits per heavy atom. The van der Waals surface area contributed by atoms with Crippen LogP contribution in [0.5, 0.6) is 0 Å². The van der Waals surface area contributed by atoms with Crippen LogP contribution in [0, 0.1) is 34.9 Å². The van der Waals surface area contributed by atoms with E-state index in [1.807, 2.05) is 35.8 Å². The first kappa shape index (κ1) is 24.3. The number of rotatable bonds is 6. The summed E-state index contributed by atoms with van der Waals surface area (Å²) in [6, 6.07) is 14.2. The molecular formula is C28H31FN4O3. The maximum atomic E-state index is 14.6. The van der Waals surface area contributed by atoms with Gasteiger partial charge in [-0.2, -0.15) is 5.26 Å². The zero-order chi connectivity index (χ0) is 25.4. The van der Waals surface area contributed by atoms with Crippen molar-refractivity contribution in [2.75, 3.05) is 50.8 Å². The molecule has 2 heterocycles. The van der Waals surface area contributed by atoms with Crippen molar-refractivity contribution < 1.29 is 18.7 Å². The van der Waals surface area contributed by atoms with Crippen LogP contribution in [0.15, 0.2) is 42.5 Å². The van der Waals surface area contributed by atoms with Crippen molar-refractivity contribution in [1.82, 2.24) is 10.2 Å². The molecule has 0 aromatic heterocycles. The zero-order valence-corrected chi connectivity index (χ0v) is 20.7. The van der Waals surface area contributed by atoms with Crippen LogP contribution in [-0.4, -0.2) is 62.7 Å². The van der Waals surface area contributed by atoms with Gasteiger partial charge < -0.3 is 19.9 Å². The fourth-order valence-electron chi connectivity index (χ4n) is 5.42. The number of nitrogens with zero attached hydrogens (tertiary/aromatic N) is 3. The molecule has 2 unspecified atom stereocenters. The van der Waals surface area contributed by atoms with Crippen LogP contribution in [0.2, 0.25) is 0 Å². The van der Waals surface area contributed by atoms with Crippen molar-refractivity contribution in [3.8, 4) is 6.07 Å². The van der Waals surface area contributed by atoms with Crippen molar-refractivity contribution in [3.05, 3.63) is 65.0 Å². The second-order valence-corrected chi connectivity index (χ2v) is 10.5. The molecule has 3 fully saturated rings. The molecule has 2 atom stereocenters. The lowest BCUT2D eigenvalue weighted by atomic mass is 9.86. The van der Waals surface area contributed by atoms with Gasteiger partial charge in [-0.25, -0.2) is 4.39 Å². The minimum atomic E-state index is -0.592. The number of piperidine rings is 1. The van der Waals surface area contributed by atoms with Crippen LogP contribution >= 0.6 is 0 Å². The number of nitrogens with one attached hydrogen (secondary N) is 1. The number of hydrogen-bond donors (Lipinski definition) is 1. The van der Waals surface area contributed by atoms with Gasteiger partial charge >= 0.3 is 0 Å². The number of hydrogen-bond acceptors (Lipinski definition) is 5. The predicted molar refractivity (Wildman–Crippen MR) is 133 cm³/mol. The minimum absolute atomic E-state index is 0.00197. The van der Waals surface area contributed by atoms with Crippen molar-refractivity contribution in [3.63, 3.8) is 0 Å². The lowest BCUT2D eigenvalue weighted by molar-refractivity contribution is 0.0765. The van der Waals surface area contributed by atoms with Gasteiger partial charge in [0.05, 0.1) is 30.4 Å². The molecular weight excluding hydrogens is 459 g/mol. The van der Waals surface area contributed by atoms with E-state index in [1.54, 1.807) is 24.3 Å². The first-order chi connectivity index (χ1) is 17.3. The standard InChI is InChI=1S/C28H31FN4O3/c1-28(2,17-30)20-6-3-18(4-7-20)27(35)33-15-22-21(23(22)16-33)14-31-26(34)19-5-8-25(24(29)13-19)32-9-11-36-12-10-32/h3-8,13,21-23H,9-12,14-16H2,1-2H3,(H,31,34). The second kappa shape index (κ2) is 9.55. The molecule has 188 valence electrons. The van der Waals surface area contributed by atoms with Crippen molar-refractivity contribution in [2.45, 2.75) is 19.3 Å². The Morgan fingerprint density at radius 3 is 2.33 bits per heavy atom. The van der Waals surface area contributed by atoms with E-state index in [0.717, 1.165) is 5.56 Å². The van der Waals surface area contributed by atoms with Gasteiger partial charge in [-0.05, 0) is 67.5 Å². The fourth-order valence-corrected chi connectivity index (χ4v) is 5.42. The van der Waals surface area contributed by atoms with Crippen LogP contribution in [0.3, 0.4) is 0 Å². The average molecular weight is 491 g/mol. The summed E-state index contributed by atoms with van der Waals surface area (Å²) < 4.78 is 20.0. The lowest BCUT2D eigenvalue weighted by Crippen LogP contribution is -2.37. The molecule has 2 aromatic carbocycles. The van der Waals surface area contributed by atoms with Crippen LogP contribution < -0.4 is 10.2 Å². The maximum absolute atomic E-state index is 14.6. The molecule has 0 radical (unpaired) electrons. The van der Waals surface area contributed by atoms with E-state index in [-0.39, 0.29) is 11.8 Å². The number of fused-ring (bicyclic) bond motifs is 1. The van der Waals surface area contributed by atoms with E-state index in [1.165, 1.54) is 6.07 Å². The SMILES string of the molecule is CC(C)(C#N)c1ccc(C(=O)N2CC3C(CNC(=O)c4ccc(N5CCOCC5)c(F)c4)C3C2)cc1. The molecule has 1 aliphatic carbocycles. The third-order valence-electron chi connectivity index (χ3n) is 7.85. The predicted octanol–water partition coefficient (Wildman–Crippen LogP) is 3.21. The zero-order valence-electron chi connectivity index (χ0n) is 20.7. The van der Waals surface area contributed by atoms with Crippen LogP contribution in [0.4, 0.5) is 10.1 Å². The Bertz CT molecular complexity index is 1190. The Kier molecular flexibility index (Phi) is 6.44. The van der Waals surface area contributed by atoms with Gasteiger partial charge in [0.1, 0.15) is 5.82 Å². The molecule has 8 heteroatoms. The number of likely N-dealkylation sites (tertiary alicyclic amines) is 1. The highest BCUT2D eigenvalue weighted by Crippen LogP contribution is 2.51. The first-order valence-electron chi connectivity index (χ1n) is 12.5. The number of nitriles is 1. The highest BCUT2D eigenvalue weighted by Gasteiger charge is 2.56. The van der Waals surface area contributed by atoms with Gasteiger partial charge in [-0.15, -0.1) is 0 Å². The number of carbonyl (C=O) groups is 2. The van der Waals surface area contributed by atoms with Gasteiger partial charge in [0.15, 0.2) is 0 Å². The number of ether oxygens (including phenoxy) is 1. The van der Waals surface area contributed by atoms with Gasteiger partial charge in [-0.3, -0.25) is 9.59 Å². The van der Waals surface area contributed by atoms with E-state index in [2.05, 4.69) is 11.4 Å². The molecule has 2 amide bonds. The van der Waals surface area contributed by atoms with E-state index >= 15 is 0 Å². The number of morpholine rings is 1. The van der Waals surface area contributed by atoms with Crippen LogP contribution in [0.1, 0.15) is 40.1 Å². The molecule has 5 rings (SSSR count). The molecule has 0 bridgehead atoms. The molecule has 7 nitrogen and oxygen atoms in total. The molecule has 1 saturated carbocycles. The van der Waals surface area contributed by atoms with Gasteiger partial charge in [0.2, 0.25) is 0 Å². The largest absolute Gasteiger partial charge is 0.378 e. The number of carbonyl (C=O) groups excluding carboxylic acids is 2. The average Bonchev–Trinajstić information content (AvgIpc) is 3.35. The fraction of sp³-hybridized carbons (Fsp3) is 0.464. The number of anilines is 1. The van der Waals surface area contributed by atoms with Crippen molar-refractivity contribution >= 4 is 17.5 Å². The Balaban J connectivity index is 1.11. The quantitative estimate of drug-likeness (QED) is 0.672. The maximum Gasteiger partial charge on any atom is 0.253 e. The van der Waals surface area contributed by atoms with Gasteiger partial charge in [0.25, 0.3) is 11.8 Å². The normalized spacial score (nSPS) is 23.1. The molecule has 36 heavy (non-hydrogen) atoms. The summed E-state index contributed by atoms with van der Waals surface area (Å²) in [4.78, 5) is 29.3. The summed E-state index contributed by atoms with van der Waals surface area (Å²) in [5.74, 6) is 0.432. The number of amides is 2. The van der Waals surface area contributed by atoms with Crippen LogP contribution in [0.25, 0.3) is 0 Å². The van der Waals surface area contributed by atoms with E-state index in [0.29, 0.717) is 80.5 Å². The van der Waals surface area contributed by atoms with E-state index in [9.17, 15) is 19.2 Å². The highest BCUT2D eigenvalue weighted by atomic mass is 19.1. The molecule has 1 N–H and O–H groups in total. The summed E-state index contributed by atoms with van der Waals surface area (Å²) in [6.07, 6.45) is 0. The van der Waals surface area contributed by atoms with Gasteiger partial charge in [0, 0.05) is 43.9 Å². The lowest BCUT2D eigenvalue weighted by Gasteiger charge is -2.29. The number of benzene rings is 2. The highest BCUT2D eigenvalue weighted by molar-refractivity contribution is 5.95. The smallest absolute Gasteiger partial charge is 0.253 e.